The Balaban J connectivity index is 1.83. The fraction of sp³-hybridized carbons (Fsp3) is 0.684. The quantitative estimate of drug-likeness (QED) is 0.564. The van der Waals surface area contributed by atoms with Crippen molar-refractivity contribution in [2.75, 3.05) is 0 Å². The van der Waals surface area contributed by atoms with Crippen LogP contribution in [0.5, 0.6) is 0 Å². The van der Waals surface area contributed by atoms with Crippen molar-refractivity contribution in [3.05, 3.63) is 35.4 Å². The van der Waals surface area contributed by atoms with Crippen LogP contribution in [0.2, 0.25) is 0 Å². The summed E-state index contributed by atoms with van der Waals surface area (Å²) in [6, 6.07) is 9.17. The van der Waals surface area contributed by atoms with E-state index in [1.807, 2.05) is 0 Å². The van der Waals surface area contributed by atoms with Crippen molar-refractivity contribution in [2.24, 2.45) is 11.3 Å². The fourth-order valence-electron chi connectivity index (χ4n) is 4.74. The van der Waals surface area contributed by atoms with Gasteiger partial charge in [-0.15, -0.1) is 0 Å². The molecule has 1 aromatic carbocycles. The average Bonchev–Trinajstić information content (AvgIpc) is 2.59. The Morgan fingerprint density at radius 2 is 1.79 bits per heavy atom. The molecule has 0 bridgehead atoms. The number of hydrogen-bond acceptors (Lipinski definition) is 0. The third-order valence-corrected chi connectivity index (χ3v) is 5.91. The number of aryl methyl sites for hydroxylation is 1. The van der Waals surface area contributed by atoms with E-state index in [-0.39, 0.29) is 0 Å². The highest BCUT2D eigenvalue weighted by atomic mass is 14.4. The lowest BCUT2D eigenvalue weighted by atomic mass is 9.64. The molecular weight excluding hydrogens is 228 g/mol. The van der Waals surface area contributed by atoms with E-state index >= 15 is 0 Å². The van der Waals surface area contributed by atoms with Gasteiger partial charge in [0.15, 0.2) is 0 Å². The number of hydrogen-bond donors (Lipinski definition) is 0. The Morgan fingerprint density at radius 1 is 1.05 bits per heavy atom. The monoisotopic (exact) mass is 256 g/mol. The predicted octanol–water partition coefficient (Wildman–Crippen LogP) is 5.71. The highest BCUT2D eigenvalue weighted by Gasteiger charge is 2.37. The Morgan fingerprint density at radius 3 is 2.58 bits per heavy atom. The van der Waals surface area contributed by atoms with Gasteiger partial charge in [-0.3, -0.25) is 0 Å². The van der Waals surface area contributed by atoms with Crippen LogP contribution in [0.1, 0.15) is 75.8 Å². The summed E-state index contributed by atoms with van der Waals surface area (Å²) in [6.45, 7) is 5.04. The first-order valence-electron chi connectivity index (χ1n) is 8.27. The zero-order valence-electron chi connectivity index (χ0n) is 12.6. The molecule has 0 nitrogen and oxygen atoms in total. The van der Waals surface area contributed by atoms with Crippen molar-refractivity contribution >= 4 is 0 Å². The number of fused-ring (bicyclic) bond motifs is 1. The molecule has 0 heteroatoms. The Labute approximate surface area is 118 Å². The number of rotatable bonds is 1. The molecule has 0 aliphatic heterocycles. The molecule has 2 aliphatic carbocycles. The lowest BCUT2D eigenvalue weighted by Gasteiger charge is -2.41. The molecule has 0 heterocycles. The molecule has 2 unspecified atom stereocenters. The summed E-state index contributed by atoms with van der Waals surface area (Å²) < 4.78 is 0. The number of benzene rings is 1. The van der Waals surface area contributed by atoms with Crippen molar-refractivity contribution in [1.82, 2.24) is 0 Å². The average molecular weight is 256 g/mol. The summed E-state index contributed by atoms with van der Waals surface area (Å²) in [7, 11) is 0. The summed E-state index contributed by atoms with van der Waals surface area (Å²) >= 11 is 0. The van der Waals surface area contributed by atoms with Gasteiger partial charge in [0.2, 0.25) is 0 Å². The molecule has 0 saturated heterocycles. The van der Waals surface area contributed by atoms with Crippen LogP contribution in [-0.4, -0.2) is 0 Å². The first-order valence-corrected chi connectivity index (χ1v) is 8.27. The predicted molar refractivity (Wildman–Crippen MR) is 82.5 cm³/mol. The minimum absolute atomic E-state index is 0.582. The smallest absolute Gasteiger partial charge is 0.0182 e. The molecule has 1 fully saturated rings. The molecule has 19 heavy (non-hydrogen) atoms. The van der Waals surface area contributed by atoms with E-state index < -0.39 is 0 Å². The highest BCUT2D eigenvalue weighted by Crippen LogP contribution is 2.49. The van der Waals surface area contributed by atoms with Gasteiger partial charge >= 0.3 is 0 Å². The SMILES string of the molecule is CC1CC(C)(C2CCCCC2)CCc2ccccc21. The van der Waals surface area contributed by atoms with Crippen molar-refractivity contribution in [2.45, 2.75) is 71.1 Å². The molecule has 2 aliphatic rings. The van der Waals surface area contributed by atoms with Gasteiger partial charge in [0.1, 0.15) is 0 Å². The third-order valence-electron chi connectivity index (χ3n) is 5.91. The summed E-state index contributed by atoms with van der Waals surface area (Å²) in [6.07, 6.45) is 11.5. The lowest BCUT2D eigenvalue weighted by molar-refractivity contribution is 0.110. The van der Waals surface area contributed by atoms with Crippen molar-refractivity contribution in [1.29, 1.82) is 0 Å². The van der Waals surface area contributed by atoms with Gasteiger partial charge in [0.25, 0.3) is 0 Å². The topological polar surface area (TPSA) is 0 Å². The molecular formula is C19H28. The molecule has 3 rings (SSSR count). The van der Waals surface area contributed by atoms with Crippen LogP contribution in [0.25, 0.3) is 0 Å². The first kappa shape index (κ1) is 13.2. The Hall–Kier alpha value is -0.780. The summed E-state index contributed by atoms with van der Waals surface area (Å²) in [5.74, 6) is 1.73. The van der Waals surface area contributed by atoms with Gasteiger partial charge in [-0.1, -0.05) is 57.4 Å². The zero-order chi connectivity index (χ0) is 13.3. The van der Waals surface area contributed by atoms with E-state index in [1.54, 1.807) is 11.1 Å². The van der Waals surface area contributed by atoms with Crippen LogP contribution in [0, 0.1) is 11.3 Å². The largest absolute Gasteiger partial charge is 0.0620 e. The molecule has 0 spiro atoms. The first-order chi connectivity index (χ1) is 9.19. The highest BCUT2D eigenvalue weighted by molar-refractivity contribution is 5.32. The van der Waals surface area contributed by atoms with Crippen LogP contribution >= 0.6 is 0 Å². The van der Waals surface area contributed by atoms with Crippen LogP contribution in [0.3, 0.4) is 0 Å². The van der Waals surface area contributed by atoms with E-state index in [0.29, 0.717) is 5.41 Å². The van der Waals surface area contributed by atoms with Gasteiger partial charge in [0, 0.05) is 0 Å². The maximum absolute atomic E-state index is 2.59. The van der Waals surface area contributed by atoms with E-state index in [4.69, 9.17) is 0 Å². The summed E-state index contributed by atoms with van der Waals surface area (Å²) in [4.78, 5) is 0. The van der Waals surface area contributed by atoms with E-state index in [0.717, 1.165) is 11.8 Å². The van der Waals surface area contributed by atoms with E-state index in [2.05, 4.69) is 38.1 Å². The summed E-state index contributed by atoms with van der Waals surface area (Å²) in [5, 5.41) is 0. The second-order valence-corrected chi connectivity index (χ2v) is 7.29. The van der Waals surface area contributed by atoms with Crippen LogP contribution < -0.4 is 0 Å². The van der Waals surface area contributed by atoms with Gasteiger partial charge in [-0.05, 0) is 60.5 Å². The zero-order valence-corrected chi connectivity index (χ0v) is 12.6. The van der Waals surface area contributed by atoms with Gasteiger partial charge < -0.3 is 0 Å². The minimum atomic E-state index is 0.582. The fourth-order valence-corrected chi connectivity index (χ4v) is 4.74. The second-order valence-electron chi connectivity index (χ2n) is 7.29. The molecule has 0 aromatic heterocycles. The minimum Gasteiger partial charge on any atom is -0.0620 e. The molecule has 1 saturated carbocycles. The molecule has 104 valence electrons. The maximum Gasteiger partial charge on any atom is -0.0182 e. The van der Waals surface area contributed by atoms with Crippen molar-refractivity contribution in [3.63, 3.8) is 0 Å². The molecule has 0 N–H and O–H groups in total. The van der Waals surface area contributed by atoms with Gasteiger partial charge in [-0.2, -0.15) is 0 Å². The van der Waals surface area contributed by atoms with Crippen LogP contribution in [0.15, 0.2) is 24.3 Å². The van der Waals surface area contributed by atoms with Crippen molar-refractivity contribution < 1.29 is 0 Å². The molecule has 0 radical (unpaired) electrons. The van der Waals surface area contributed by atoms with E-state index in [1.165, 1.54) is 51.4 Å². The summed E-state index contributed by atoms with van der Waals surface area (Å²) in [5.41, 5.74) is 3.83. The van der Waals surface area contributed by atoms with Crippen molar-refractivity contribution in [3.8, 4) is 0 Å². The molecule has 1 aromatic rings. The van der Waals surface area contributed by atoms with Gasteiger partial charge in [0.05, 0.1) is 0 Å². The Bertz CT molecular complexity index is 427. The molecule has 0 amide bonds. The van der Waals surface area contributed by atoms with E-state index in [9.17, 15) is 0 Å². The second kappa shape index (κ2) is 5.31. The standard InChI is InChI=1S/C19H28/c1-15-14-19(2,17-9-4-3-5-10-17)13-12-16-8-6-7-11-18(15)16/h6-8,11,15,17H,3-5,9-10,12-14H2,1-2H3. The lowest BCUT2D eigenvalue weighted by Crippen LogP contribution is -2.30. The third kappa shape index (κ3) is 2.59. The van der Waals surface area contributed by atoms with Gasteiger partial charge in [-0.25, -0.2) is 0 Å². The van der Waals surface area contributed by atoms with Crippen LogP contribution in [0.4, 0.5) is 0 Å². The van der Waals surface area contributed by atoms with Crippen LogP contribution in [-0.2, 0) is 6.42 Å². The maximum atomic E-state index is 2.59. The normalized spacial score (nSPS) is 32.6. The Kier molecular flexibility index (Phi) is 3.69. The molecule has 2 atom stereocenters.